The first-order valence-electron chi connectivity index (χ1n) is 10.7. The minimum absolute atomic E-state index is 0.0169. The fourth-order valence-corrected chi connectivity index (χ4v) is 5.35. The Morgan fingerprint density at radius 3 is 2.52 bits per heavy atom. The largest absolute Gasteiger partial charge is 0.493 e. The van der Waals surface area contributed by atoms with E-state index in [4.69, 9.17) is 14.5 Å². The molecule has 0 bridgehead atoms. The van der Waals surface area contributed by atoms with E-state index in [-0.39, 0.29) is 11.9 Å². The fourth-order valence-electron chi connectivity index (χ4n) is 4.32. The second-order valence-corrected chi connectivity index (χ2v) is 8.94. The lowest BCUT2D eigenvalue weighted by Crippen LogP contribution is -2.44. The molecule has 1 saturated heterocycles. The highest BCUT2D eigenvalue weighted by Gasteiger charge is 2.41. The predicted molar refractivity (Wildman–Crippen MR) is 127 cm³/mol. The highest BCUT2D eigenvalue weighted by atomic mass is 32.2. The van der Waals surface area contributed by atoms with Gasteiger partial charge in [0.05, 0.1) is 24.8 Å². The van der Waals surface area contributed by atoms with Crippen LogP contribution in [0.1, 0.15) is 38.2 Å². The van der Waals surface area contributed by atoms with Crippen LogP contribution in [0.2, 0.25) is 0 Å². The summed E-state index contributed by atoms with van der Waals surface area (Å²) in [6.45, 7) is 2.24. The highest BCUT2D eigenvalue weighted by Crippen LogP contribution is 2.41. The number of hydrogen-bond donors (Lipinski definition) is 0. The van der Waals surface area contributed by atoms with Crippen molar-refractivity contribution in [3.63, 3.8) is 0 Å². The molecule has 0 aromatic heterocycles. The first-order chi connectivity index (χ1) is 15.1. The number of carbonyl (C=O) groups is 1. The van der Waals surface area contributed by atoms with Gasteiger partial charge in [0, 0.05) is 11.6 Å². The summed E-state index contributed by atoms with van der Waals surface area (Å²) >= 11 is 1.44. The lowest BCUT2D eigenvalue weighted by molar-refractivity contribution is -0.124. The van der Waals surface area contributed by atoms with Crippen molar-refractivity contribution in [2.75, 3.05) is 14.2 Å². The van der Waals surface area contributed by atoms with Gasteiger partial charge in [0.2, 0.25) is 0 Å². The second-order valence-electron chi connectivity index (χ2n) is 7.93. The van der Waals surface area contributed by atoms with Gasteiger partial charge in [-0.1, -0.05) is 50.1 Å². The molecular weight excluding hydrogens is 408 g/mol. The summed E-state index contributed by atoms with van der Waals surface area (Å²) in [4.78, 5) is 21.0. The smallest absolute Gasteiger partial charge is 0.267 e. The minimum Gasteiger partial charge on any atom is -0.493 e. The van der Waals surface area contributed by atoms with Crippen LogP contribution >= 0.6 is 11.8 Å². The maximum absolute atomic E-state index is 13.6. The number of carbonyl (C=O) groups excluding carboxylic acids is 1. The molecular formula is C25H28N2O3S. The van der Waals surface area contributed by atoms with E-state index in [1.54, 1.807) is 14.2 Å². The zero-order valence-electron chi connectivity index (χ0n) is 18.2. The Labute approximate surface area is 188 Å². The number of rotatable bonds is 5. The first kappa shape index (κ1) is 21.5. The molecule has 1 heterocycles. The number of nitrogens with zero attached hydrogens (tertiary/aromatic N) is 2. The number of ether oxygens (including phenoxy) is 2. The van der Waals surface area contributed by atoms with E-state index in [2.05, 4.69) is 6.92 Å². The fraction of sp³-hybridized carbons (Fsp3) is 0.360. The number of amides is 1. The van der Waals surface area contributed by atoms with Crippen molar-refractivity contribution in [2.24, 2.45) is 10.9 Å². The van der Waals surface area contributed by atoms with Gasteiger partial charge in [-0.15, -0.1) is 0 Å². The number of methoxy groups -OCH3 is 2. The van der Waals surface area contributed by atoms with Crippen LogP contribution in [-0.4, -0.2) is 36.2 Å². The molecule has 2 atom stereocenters. The molecule has 1 aliphatic heterocycles. The number of hydrogen-bond acceptors (Lipinski definition) is 5. The predicted octanol–water partition coefficient (Wildman–Crippen LogP) is 5.89. The first-order valence-corrected chi connectivity index (χ1v) is 11.5. The molecule has 0 unspecified atom stereocenters. The maximum Gasteiger partial charge on any atom is 0.267 e. The highest BCUT2D eigenvalue weighted by molar-refractivity contribution is 8.18. The molecule has 1 aliphatic carbocycles. The standard InChI is InChI=1S/C25H28N2O3S/c1-17-10-7-8-14-20(17)27-24(28)22(31-25(27)26-19-12-5-4-6-13-19)16-18-11-9-15-21(29-2)23(18)30-3/h4-6,9,11-13,15-17,20H,7-8,10,14H2,1-3H3/b22-16-,26-25?/t17-,20-/m0/s1. The number of amidine groups is 1. The normalized spacial score (nSPS) is 24.1. The average molecular weight is 437 g/mol. The third kappa shape index (κ3) is 4.49. The number of thioether (sulfide) groups is 1. The van der Waals surface area contributed by atoms with Crippen molar-refractivity contribution in [3.05, 3.63) is 59.0 Å². The summed E-state index contributed by atoms with van der Waals surface area (Å²) < 4.78 is 11.0. The average Bonchev–Trinajstić information content (AvgIpc) is 3.09. The Balaban J connectivity index is 1.75. The summed E-state index contributed by atoms with van der Waals surface area (Å²) in [6.07, 6.45) is 6.41. The zero-order valence-corrected chi connectivity index (χ0v) is 19.0. The molecule has 4 rings (SSSR count). The van der Waals surface area contributed by atoms with E-state index in [0.717, 1.165) is 35.7 Å². The van der Waals surface area contributed by atoms with Crippen molar-refractivity contribution in [1.29, 1.82) is 0 Å². The monoisotopic (exact) mass is 436 g/mol. The molecule has 1 amide bonds. The van der Waals surface area contributed by atoms with Crippen molar-refractivity contribution in [3.8, 4) is 11.5 Å². The van der Waals surface area contributed by atoms with E-state index >= 15 is 0 Å². The van der Waals surface area contributed by atoms with Gasteiger partial charge in [0.25, 0.3) is 5.91 Å². The Kier molecular flexibility index (Phi) is 6.66. The summed E-state index contributed by atoms with van der Waals surface area (Å²) in [6, 6.07) is 15.7. The van der Waals surface area contributed by atoms with Crippen LogP contribution in [0, 0.1) is 5.92 Å². The quantitative estimate of drug-likeness (QED) is 0.549. The zero-order chi connectivity index (χ0) is 21.8. The van der Waals surface area contributed by atoms with Crippen LogP contribution in [0.3, 0.4) is 0 Å². The Bertz CT molecular complexity index is 1000. The molecule has 2 aliphatic rings. The topological polar surface area (TPSA) is 51.1 Å². The van der Waals surface area contributed by atoms with Crippen molar-refractivity contribution in [1.82, 2.24) is 4.90 Å². The molecule has 2 aromatic rings. The molecule has 1 saturated carbocycles. The van der Waals surface area contributed by atoms with E-state index in [1.165, 1.54) is 18.2 Å². The molecule has 2 aromatic carbocycles. The Hall–Kier alpha value is -2.73. The molecule has 6 heteroatoms. The molecule has 2 fully saturated rings. The van der Waals surface area contributed by atoms with Gasteiger partial charge in [-0.25, -0.2) is 4.99 Å². The minimum atomic E-state index is 0.0169. The van der Waals surface area contributed by atoms with E-state index in [0.29, 0.717) is 22.3 Å². The summed E-state index contributed by atoms with van der Waals surface area (Å²) in [5, 5.41) is 0.753. The van der Waals surface area contributed by atoms with E-state index in [9.17, 15) is 4.79 Å². The Morgan fingerprint density at radius 2 is 1.81 bits per heavy atom. The number of benzene rings is 2. The number of para-hydroxylation sites is 2. The van der Waals surface area contributed by atoms with Gasteiger partial charge < -0.3 is 9.47 Å². The van der Waals surface area contributed by atoms with Gasteiger partial charge in [-0.05, 0) is 54.8 Å². The van der Waals surface area contributed by atoms with Crippen LogP contribution in [0.15, 0.2) is 58.4 Å². The van der Waals surface area contributed by atoms with Crippen molar-refractivity contribution in [2.45, 2.75) is 38.6 Å². The van der Waals surface area contributed by atoms with Gasteiger partial charge >= 0.3 is 0 Å². The Morgan fingerprint density at radius 1 is 1.03 bits per heavy atom. The van der Waals surface area contributed by atoms with Gasteiger partial charge in [0.15, 0.2) is 16.7 Å². The lowest BCUT2D eigenvalue weighted by atomic mass is 9.85. The van der Waals surface area contributed by atoms with Crippen LogP contribution in [0.25, 0.3) is 6.08 Å². The van der Waals surface area contributed by atoms with Crippen LogP contribution in [-0.2, 0) is 4.79 Å². The molecule has 0 radical (unpaired) electrons. The number of aliphatic imine (C=N–C) groups is 1. The molecule has 162 valence electrons. The van der Waals surface area contributed by atoms with Crippen molar-refractivity contribution >= 4 is 34.6 Å². The van der Waals surface area contributed by atoms with Crippen molar-refractivity contribution < 1.29 is 14.3 Å². The summed E-state index contributed by atoms with van der Waals surface area (Å²) in [5.41, 5.74) is 1.67. The van der Waals surface area contributed by atoms with E-state index in [1.807, 2.05) is 59.5 Å². The third-order valence-corrected chi connectivity index (χ3v) is 6.92. The van der Waals surface area contributed by atoms with Gasteiger partial charge in [-0.2, -0.15) is 0 Å². The SMILES string of the molecule is COc1cccc(/C=C2\SC(=Nc3ccccc3)N([C@H]3CCCC[C@@H]3C)C2=O)c1OC. The molecule has 31 heavy (non-hydrogen) atoms. The molecule has 5 nitrogen and oxygen atoms in total. The summed E-state index contributed by atoms with van der Waals surface area (Å²) in [5.74, 6) is 1.73. The van der Waals surface area contributed by atoms with Crippen LogP contribution in [0.4, 0.5) is 5.69 Å². The van der Waals surface area contributed by atoms with Gasteiger partial charge in [-0.3, -0.25) is 9.69 Å². The van der Waals surface area contributed by atoms with Crippen LogP contribution < -0.4 is 9.47 Å². The molecule has 0 spiro atoms. The van der Waals surface area contributed by atoms with E-state index < -0.39 is 0 Å². The second kappa shape index (κ2) is 9.60. The maximum atomic E-state index is 13.6. The molecule has 0 N–H and O–H groups in total. The van der Waals surface area contributed by atoms with Gasteiger partial charge in [0.1, 0.15) is 0 Å². The van der Waals surface area contributed by atoms with Crippen LogP contribution in [0.5, 0.6) is 11.5 Å². The summed E-state index contributed by atoms with van der Waals surface area (Å²) in [7, 11) is 3.23. The lowest BCUT2D eigenvalue weighted by Gasteiger charge is -2.35. The third-order valence-electron chi connectivity index (χ3n) is 5.94.